The zero-order chi connectivity index (χ0) is 32.3. The number of hydrogen-bond acceptors (Lipinski definition) is 11. The minimum atomic E-state index is -4.28. The van der Waals surface area contributed by atoms with Crippen molar-refractivity contribution in [2.45, 2.75) is 103 Å². The molecule has 15 nitrogen and oxygen atoms in total. The van der Waals surface area contributed by atoms with Crippen LogP contribution in [0, 0.1) is 11.8 Å². The summed E-state index contributed by atoms with van der Waals surface area (Å²) in [5.74, 6) is -1.34. The smallest absolute Gasteiger partial charge is 0.342 e. The number of H-pyrrole nitrogens is 1. The van der Waals surface area contributed by atoms with Gasteiger partial charge >= 0.3 is 25.3 Å². The highest BCUT2D eigenvalue weighted by Crippen LogP contribution is 2.67. The number of nitrogens with zero attached hydrogens (tertiary/aromatic N) is 1. The standard InChI is InChI=1S/C27H45N4O11P/c1-8-39-22(34)17(12-15(3)4)29-43(38,30-18(13-16(5)6)23(35)40-9-2)41-14-19-21(33)27(37)24(26(27,7)42-19)31-11-10-20(32)28-25(31)36/h10-11,15-19,21,24,33,37H,8-9,12-14H2,1-7H3,(H,28,32,36)(H2,29,30,38)/t17?,18?,19-,21?,24-,26?,27?,43?/m1/s1. The lowest BCUT2D eigenvalue weighted by atomic mass is 10.1. The fourth-order valence-corrected chi connectivity index (χ4v) is 7.44. The molecule has 0 amide bonds. The zero-order valence-corrected chi connectivity index (χ0v) is 26.6. The highest BCUT2D eigenvalue weighted by Gasteiger charge is 2.85. The molecule has 1 aromatic rings. The van der Waals surface area contributed by atoms with E-state index in [9.17, 15) is 34.0 Å². The number of esters is 2. The Morgan fingerprint density at radius 2 is 1.58 bits per heavy atom. The maximum absolute atomic E-state index is 14.4. The van der Waals surface area contributed by atoms with Crippen molar-refractivity contribution >= 4 is 19.6 Å². The van der Waals surface area contributed by atoms with Gasteiger partial charge in [-0.05, 0) is 45.4 Å². The molecule has 1 aromatic heterocycles. The molecule has 7 atom stereocenters. The van der Waals surface area contributed by atoms with E-state index >= 15 is 0 Å². The van der Waals surface area contributed by atoms with E-state index in [0.717, 1.165) is 10.6 Å². The van der Waals surface area contributed by atoms with Crippen molar-refractivity contribution in [1.29, 1.82) is 0 Å². The van der Waals surface area contributed by atoms with Crippen molar-refractivity contribution in [3.8, 4) is 0 Å². The van der Waals surface area contributed by atoms with E-state index in [2.05, 4.69) is 15.2 Å². The molecular weight excluding hydrogens is 587 g/mol. The molecule has 0 spiro atoms. The summed E-state index contributed by atoms with van der Waals surface area (Å²) < 4.78 is 37.5. The van der Waals surface area contributed by atoms with Crippen LogP contribution in [0.25, 0.3) is 0 Å². The third kappa shape index (κ3) is 7.47. The summed E-state index contributed by atoms with van der Waals surface area (Å²) in [6, 6.07) is -2.05. The van der Waals surface area contributed by atoms with E-state index in [0.29, 0.717) is 0 Å². The van der Waals surface area contributed by atoms with Crippen LogP contribution in [-0.2, 0) is 32.9 Å². The van der Waals surface area contributed by atoms with Gasteiger partial charge in [0.05, 0.1) is 19.8 Å². The second kappa shape index (κ2) is 13.7. The van der Waals surface area contributed by atoms with Crippen LogP contribution in [0.3, 0.4) is 0 Å². The molecule has 2 fully saturated rings. The molecule has 43 heavy (non-hydrogen) atoms. The number of nitrogens with one attached hydrogen (secondary N) is 3. The molecule has 2 heterocycles. The minimum Gasteiger partial charge on any atom is -0.465 e. The summed E-state index contributed by atoms with van der Waals surface area (Å²) in [4.78, 5) is 51.5. The van der Waals surface area contributed by atoms with Crippen LogP contribution in [0.4, 0.5) is 0 Å². The van der Waals surface area contributed by atoms with Gasteiger partial charge in [-0.1, -0.05) is 27.7 Å². The number of ether oxygens (including phenoxy) is 3. The number of fused-ring (bicyclic) bond motifs is 1. The van der Waals surface area contributed by atoms with Gasteiger partial charge in [0, 0.05) is 12.3 Å². The Kier molecular flexibility index (Phi) is 11.2. The van der Waals surface area contributed by atoms with Gasteiger partial charge in [-0.2, -0.15) is 0 Å². The average molecular weight is 633 g/mol. The van der Waals surface area contributed by atoms with Crippen LogP contribution >= 0.6 is 7.67 Å². The van der Waals surface area contributed by atoms with Gasteiger partial charge in [0.25, 0.3) is 5.56 Å². The first kappa shape index (κ1) is 35.1. The quantitative estimate of drug-likeness (QED) is 0.125. The second-order valence-corrected chi connectivity index (χ2v) is 13.8. The predicted molar refractivity (Wildman–Crippen MR) is 154 cm³/mol. The third-order valence-corrected chi connectivity index (χ3v) is 9.42. The Morgan fingerprint density at radius 3 is 1.98 bits per heavy atom. The zero-order valence-electron chi connectivity index (χ0n) is 25.7. The molecule has 1 saturated heterocycles. The molecule has 1 saturated carbocycles. The van der Waals surface area contributed by atoms with Gasteiger partial charge in [-0.3, -0.25) is 28.5 Å². The van der Waals surface area contributed by atoms with Crippen LogP contribution < -0.4 is 21.4 Å². The number of aromatic amines is 1. The molecule has 0 bridgehead atoms. The largest absolute Gasteiger partial charge is 0.465 e. The first-order valence-electron chi connectivity index (χ1n) is 14.6. The van der Waals surface area contributed by atoms with Gasteiger partial charge in [0.1, 0.15) is 41.5 Å². The van der Waals surface area contributed by atoms with Gasteiger partial charge in [-0.25, -0.2) is 15.0 Å². The highest BCUT2D eigenvalue weighted by molar-refractivity contribution is 7.54. The molecule has 0 radical (unpaired) electrons. The lowest BCUT2D eigenvalue weighted by Crippen LogP contribution is -2.47. The Balaban J connectivity index is 1.86. The molecular formula is C27H45N4O11P. The predicted octanol–water partition coefficient (Wildman–Crippen LogP) is 0.600. The molecule has 2 aliphatic rings. The van der Waals surface area contributed by atoms with Crippen LogP contribution in [0.5, 0.6) is 0 Å². The van der Waals surface area contributed by atoms with Crippen molar-refractivity contribution < 1.29 is 43.1 Å². The van der Waals surface area contributed by atoms with E-state index < -0.39 is 79.0 Å². The Labute approximate surface area is 250 Å². The number of carbonyl (C=O) groups is 2. The first-order chi connectivity index (χ1) is 20.0. The molecule has 5 unspecified atom stereocenters. The second-order valence-electron chi connectivity index (χ2n) is 11.9. The van der Waals surface area contributed by atoms with Crippen LogP contribution in [0.1, 0.15) is 67.3 Å². The summed E-state index contributed by atoms with van der Waals surface area (Å²) in [6.45, 7) is 11.9. The summed E-state index contributed by atoms with van der Waals surface area (Å²) in [5, 5.41) is 27.9. The van der Waals surface area contributed by atoms with E-state index in [1.165, 1.54) is 13.1 Å². The number of hydrogen-bond donors (Lipinski definition) is 5. The van der Waals surface area contributed by atoms with Crippen molar-refractivity contribution in [1.82, 2.24) is 19.7 Å². The van der Waals surface area contributed by atoms with Crippen LogP contribution in [0.15, 0.2) is 21.9 Å². The molecule has 0 aromatic carbocycles. The Hall–Kier alpha value is -2.39. The van der Waals surface area contributed by atoms with Gasteiger partial charge in [0.2, 0.25) is 0 Å². The van der Waals surface area contributed by atoms with E-state index in [1.54, 1.807) is 13.8 Å². The van der Waals surface area contributed by atoms with Gasteiger partial charge in [0.15, 0.2) is 0 Å². The molecule has 16 heteroatoms. The van der Waals surface area contributed by atoms with Crippen LogP contribution in [0.2, 0.25) is 0 Å². The third-order valence-electron chi connectivity index (χ3n) is 7.61. The Bertz CT molecular complexity index is 1280. The average Bonchev–Trinajstić information content (AvgIpc) is 3.31. The molecule has 1 aliphatic heterocycles. The fraction of sp³-hybridized carbons (Fsp3) is 0.778. The number of aromatic nitrogens is 2. The molecule has 3 rings (SSSR count). The normalized spacial score (nSPS) is 29.1. The summed E-state index contributed by atoms with van der Waals surface area (Å²) in [5.41, 5.74) is -4.77. The lowest BCUT2D eigenvalue weighted by molar-refractivity contribution is -0.146. The van der Waals surface area contributed by atoms with E-state index in [-0.39, 0.29) is 37.9 Å². The van der Waals surface area contributed by atoms with Gasteiger partial charge < -0.3 is 28.9 Å². The van der Waals surface area contributed by atoms with E-state index in [4.69, 9.17) is 18.7 Å². The number of carbonyl (C=O) groups excluding carboxylic acids is 2. The topological polar surface area (TPSA) is 208 Å². The van der Waals surface area contributed by atoms with Crippen LogP contribution in [-0.4, -0.2) is 87.0 Å². The van der Waals surface area contributed by atoms with Gasteiger partial charge in [-0.15, -0.1) is 0 Å². The highest BCUT2D eigenvalue weighted by atomic mass is 31.2. The van der Waals surface area contributed by atoms with E-state index in [1.807, 2.05) is 27.7 Å². The summed E-state index contributed by atoms with van der Waals surface area (Å²) >= 11 is 0. The number of aliphatic hydroxyl groups is 2. The summed E-state index contributed by atoms with van der Waals surface area (Å²) in [7, 11) is -4.28. The van der Waals surface area contributed by atoms with Crippen molar-refractivity contribution in [2.24, 2.45) is 11.8 Å². The molecule has 1 aliphatic carbocycles. The Morgan fingerprint density at radius 1 is 1.07 bits per heavy atom. The number of rotatable bonds is 16. The summed E-state index contributed by atoms with van der Waals surface area (Å²) in [6.07, 6.45) is -1.14. The monoisotopic (exact) mass is 632 g/mol. The fourth-order valence-electron chi connectivity index (χ4n) is 5.62. The molecule has 244 valence electrons. The maximum atomic E-state index is 14.4. The van der Waals surface area contributed by atoms with Crippen molar-refractivity contribution in [3.63, 3.8) is 0 Å². The molecule has 5 N–H and O–H groups in total. The van der Waals surface area contributed by atoms with Crippen molar-refractivity contribution in [3.05, 3.63) is 33.1 Å². The number of aliphatic hydroxyl groups excluding tert-OH is 1. The van der Waals surface area contributed by atoms with Crippen molar-refractivity contribution in [2.75, 3.05) is 19.8 Å². The SMILES string of the molecule is CCOC(=O)C(CC(C)C)NP(=O)(NC(CC(C)C)C(=O)OCC)OC[C@H]1OC2(C)[C@@H](n3ccc(=O)[nH]c3=O)C2(O)C1O. The maximum Gasteiger partial charge on any atom is 0.342 e. The first-order valence-corrected chi connectivity index (χ1v) is 16.2. The minimum absolute atomic E-state index is 0.0126. The lowest BCUT2D eigenvalue weighted by Gasteiger charge is -2.31.